The van der Waals surface area contributed by atoms with Crippen molar-refractivity contribution in [2.45, 2.75) is 20.5 Å². The first-order valence-electron chi connectivity index (χ1n) is 4.29. The van der Waals surface area contributed by atoms with Crippen LogP contribution in [0.25, 0.3) is 0 Å². The second-order valence-electron chi connectivity index (χ2n) is 3.40. The molecule has 0 radical (unpaired) electrons. The highest BCUT2D eigenvalue weighted by Crippen LogP contribution is 2.12. The Bertz CT molecular complexity index is 421. The predicted molar refractivity (Wildman–Crippen MR) is 55.5 cm³/mol. The van der Waals surface area contributed by atoms with E-state index in [2.05, 4.69) is 0 Å². The molecule has 0 aliphatic carbocycles. The third-order valence-electron chi connectivity index (χ3n) is 1.93. The fourth-order valence-electron chi connectivity index (χ4n) is 1.18. The molecule has 0 unspecified atom stereocenters. The van der Waals surface area contributed by atoms with E-state index >= 15 is 0 Å². The molecule has 1 aromatic carbocycles. The topological polar surface area (TPSA) is 43.4 Å². The molecule has 0 saturated heterocycles. The summed E-state index contributed by atoms with van der Waals surface area (Å²) in [6, 6.07) is 5.82. The molecule has 0 fully saturated rings. The molecule has 0 spiro atoms. The standard InChI is InChI=1S/C10H14O3S/c1-8-4-5-10(9(2)6-8)7-13-14(3,11)12/h4-6H,7H2,1-3H3. The average Bonchev–Trinajstić information content (AvgIpc) is 2.00. The van der Waals surface area contributed by atoms with E-state index in [-0.39, 0.29) is 6.61 Å². The van der Waals surface area contributed by atoms with Crippen LogP contribution in [-0.4, -0.2) is 14.7 Å². The summed E-state index contributed by atoms with van der Waals surface area (Å²) in [5.41, 5.74) is 3.11. The second-order valence-corrected chi connectivity index (χ2v) is 5.04. The molecule has 3 nitrogen and oxygen atoms in total. The molecule has 0 N–H and O–H groups in total. The molecule has 0 heterocycles. The zero-order chi connectivity index (χ0) is 10.8. The van der Waals surface area contributed by atoms with Gasteiger partial charge in [0.05, 0.1) is 12.9 Å². The first-order chi connectivity index (χ1) is 6.38. The minimum absolute atomic E-state index is 0.116. The summed E-state index contributed by atoms with van der Waals surface area (Å²) in [6.45, 7) is 4.05. The molecule has 1 aromatic rings. The van der Waals surface area contributed by atoms with Gasteiger partial charge in [0.2, 0.25) is 0 Å². The Balaban J connectivity index is 2.78. The van der Waals surface area contributed by atoms with Crippen molar-refractivity contribution in [1.29, 1.82) is 0 Å². The van der Waals surface area contributed by atoms with E-state index in [1.807, 2.05) is 32.0 Å². The molecule has 0 aliphatic heterocycles. The van der Waals surface area contributed by atoms with Gasteiger partial charge in [-0.2, -0.15) is 8.42 Å². The van der Waals surface area contributed by atoms with Gasteiger partial charge in [-0.25, -0.2) is 0 Å². The van der Waals surface area contributed by atoms with Crippen molar-refractivity contribution < 1.29 is 12.6 Å². The van der Waals surface area contributed by atoms with Crippen LogP contribution in [0.3, 0.4) is 0 Å². The maximum Gasteiger partial charge on any atom is 0.264 e. The third-order valence-corrected chi connectivity index (χ3v) is 2.47. The van der Waals surface area contributed by atoms with Crippen LogP contribution in [0.5, 0.6) is 0 Å². The Kier molecular flexibility index (Phi) is 3.29. The number of benzene rings is 1. The molecule has 78 valence electrons. The van der Waals surface area contributed by atoms with E-state index in [1.54, 1.807) is 0 Å². The van der Waals surface area contributed by atoms with Crippen LogP contribution in [0, 0.1) is 13.8 Å². The van der Waals surface area contributed by atoms with Crippen LogP contribution < -0.4 is 0 Å². The van der Waals surface area contributed by atoms with Gasteiger partial charge >= 0.3 is 0 Å². The Morgan fingerprint density at radius 2 is 1.93 bits per heavy atom. The Morgan fingerprint density at radius 1 is 1.29 bits per heavy atom. The predicted octanol–water partition coefficient (Wildman–Crippen LogP) is 1.78. The van der Waals surface area contributed by atoms with Gasteiger partial charge in [-0.05, 0) is 25.0 Å². The molecule has 0 aromatic heterocycles. The molecule has 0 bridgehead atoms. The number of hydrogen-bond acceptors (Lipinski definition) is 3. The van der Waals surface area contributed by atoms with Crippen LogP contribution in [0.1, 0.15) is 16.7 Å². The zero-order valence-corrected chi connectivity index (χ0v) is 9.39. The van der Waals surface area contributed by atoms with Crippen molar-refractivity contribution in [3.8, 4) is 0 Å². The van der Waals surface area contributed by atoms with Gasteiger partial charge in [-0.3, -0.25) is 4.18 Å². The van der Waals surface area contributed by atoms with E-state index in [1.165, 1.54) is 0 Å². The van der Waals surface area contributed by atoms with Gasteiger partial charge in [0, 0.05) is 0 Å². The highest BCUT2D eigenvalue weighted by Gasteiger charge is 2.04. The first-order valence-corrected chi connectivity index (χ1v) is 6.11. The zero-order valence-electron chi connectivity index (χ0n) is 8.57. The molecule has 0 atom stereocenters. The second kappa shape index (κ2) is 4.11. The fraction of sp³-hybridized carbons (Fsp3) is 0.400. The summed E-state index contributed by atoms with van der Waals surface area (Å²) < 4.78 is 26.2. The Hall–Kier alpha value is -0.870. The monoisotopic (exact) mass is 214 g/mol. The van der Waals surface area contributed by atoms with E-state index < -0.39 is 10.1 Å². The summed E-state index contributed by atoms with van der Waals surface area (Å²) in [5.74, 6) is 0. The van der Waals surface area contributed by atoms with E-state index in [0.29, 0.717) is 0 Å². The van der Waals surface area contributed by atoms with Crippen LogP contribution in [0.4, 0.5) is 0 Å². The highest BCUT2D eigenvalue weighted by molar-refractivity contribution is 7.85. The van der Waals surface area contributed by atoms with Crippen LogP contribution in [0.15, 0.2) is 18.2 Å². The van der Waals surface area contributed by atoms with Gasteiger partial charge in [-0.1, -0.05) is 23.8 Å². The van der Waals surface area contributed by atoms with E-state index in [4.69, 9.17) is 4.18 Å². The van der Waals surface area contributed by atoms with Gasteiger partial charge in [0.15, 0.2) is 0 Å². The largest absolute Gasteiger partial charge is 0.265 e. The van der Waals surface area contributed by atoms with Crippen molar-refractivity contribution in [1.82, 2.24) is 0 Å². The number of rotatable bonds is 3. The molecule has 0 aliphatic rings. The maximum absolute atomic E-state index is 10.8. The summed E-state index contributed by atoms with van der Waals surface area (Å²) in [7, 11) is -3.35. The SMILES string of the molecule is Cc1ccc(COS(C)(=O)=O)c(C)c1. The summed E-state index contributed by atoms with van der Waals surface area (Å²) in [6.07, 6.45) is 1.05. The third kappa shape index (κ3) is 3.47. The van der Waals surface area contributed by atoms with Crippen molar-refractivity contribution in [2.75, 3.05) is 6.26 Å². The Labute approximate surface area is 84.8 Å². The lowest BCUT2D eigenvalue weighted by Crippen LogP contribution is -2.03. The minimum atomic E-state index is -3.35. The molecule has 0 amide bonds. The fourth-order valence-corrected chi connectivity index (χ4v) is 1.52. The summed E-state index contributed by atoms with van der Waals surface area (Å²) >= 11 is 0. The van der Waals surface area contributed by atoms with E-state index in [0.717, 1.165) is 22.9 Å². The quantitative estimate of drug-likeness (QED) is 0.720. The lowest BCUT2D eigenvalue weighted by Gasteiger charge is -2.06. The van der Waals surface area contributed by atoms with Crippen molar-refractivity contribution in [3.05, 3.63) is 34.9 Å². The molecule has 4 heteroatoms. The first kappa shape index (κ1) is 11.2. The molecule has 0 saturated carbocycles. The van der Waals surface area contributed by atoms with Crippen molar-refractivity contribution in [3.63, 3.8) is 0 Å². The van der Waals surface area contributed by atoms with E-state index in [9.17, 15) is 8.42 Å². The molecule has 1 rings (SSSR count). The van der Waals surface area contributed by atoms with Gasteiger partial charge < -0.3 is 0 Å². The van der Waals surface area contributed by atoms with Crippen molar-refractivity contribution >= 4 is 10.1 Å². The summed E-state index contributed by atoms with van der Waals surface area (Å²) in [4.78, 5) is 0. The molecular formula is C10H14O3S. The Morgan fingerprint density at radius 3 is 2.43 bits per heavy atom. The number of aryl methyl sites for hydroxylation is 2. The van der Waals surface area contributed by atoms with Gasteiger partial charge in [-0.15, -0.1) is 0 Å². The van der Waals surface area contributed by atoms with Crippen LogP contribution in [-0.2, 0) is 20.9 Å². The lowest BCUT2D eigenvalue weighted by molar-refractivity contribution is 0.311. The average molecular weight is 214 g/mol. The normalized spacial score (nSPS) is 11.6. The summed E-state index contributed by atoms with van der Waals surface area (Å²) in [5, 5.41) is 0. The van der Waals surface area contributed by atoms with Crippen LogP contribution >= 0.6 is 0 Å². The van der Waals surface area contributed by atoms with Crippen molar-refractivity contribution in [2.24, 2.45) is 0 Å². The van der Waals surface area contributed by atoms with Crippen LogP contribution in [0.2, 0.25) is 0 Å². The smallest absolute Gasteiger partial charge is 0.264 e. The number of hydrogen-bond donors (Lipinski definition) is 0. The molecule has 14 heavy (non-hydrogen) atoms. The lowest BCUT2D eigenvalue weighted by atomic mass is 10.1. The van der Waals surface area contributed by atoms with Gasteiger partial charge in [0.1, 0.15) is 0 Å². The van der Waals surface area contributed by atoms with Gasteiger partial charge in [0.25, 0.3) is 10.1 Å². The molecular weight excluding hydrogens is 200 g/mol. The highest BCUT2D eigenvalue weighted by atomic mass is 32.2. The minimum Gasteiger partial charge on any atom is -0.265 e. The maximum atomic E-state index is 10.8.